The zero-order valence-electron chi connectivity index (χ0n) is 9.67. The molecular weight excluding hydrogens is 207 g/mol. The highest BCUT2D eigenvalue weighted by Crippen LogP contribution is 2.27. The molecule has 0 aliphatic carbocycles. The molecule has 0 saturated carbocycles. The lowest BCUT2D eigenvalue weighted by Gasteiger charge is -2.14. The average Bonchev–Trinajstić information content (AvgIpc) is 2.43. The lowest BCUT2D eigenvalue weighted by Crippen LogP contribution is -2.09. The quantitative estimate of drug-likeness (QED) is 0.754. The van der Waals surface area contributed by atoms with E-state index in [-0.39, 0.29) is 11.2 Å². The van der Waals surface area contributed by atoms with E-state index < -0.39 is 0 Å². The van der Waals surface area contributed by atoms with Crippen LogP contribution >= 0.6 is 0 Å². The Labute approximate surface area is 93.5 Å². The standard InChI is InChI=1S/C12H15FN2O/c1-12(2,3)6-10-15-9-5-7(13)4-8(14)11(9)16-10/h4-5H,6,14H2,1-3H3. The topological polar surface area (TPSA) is 52.0 Å². The Hall–Kier alpha value is -1.58. The largest absolute Gasteiger partial charge is 0.438 e. The van der Waals surface area contributed by atoms with Gasteiger partial charge in [-0.2, -0.15) is 0 Å². The number of aromatic nitrogens is 1. The summed E-state index contributed by atoms with van der Waals surface area (Å²) < 4.78 is 18.6. The summed E-state index contributed by atoms with van der Waals surface area (Å²) in [6.07, 6.45) is 0.697. The summed E-state index contributed by atoms with van der Waals surface area (Å²) in [5.41, 5.74) is 6.99. The fourth-order valence-corrected chi connectivity index (χ4v) is 1.60. The van der Waals surface area contributed by atoms with E-state index in [0.29, 0.717) is 29.1 Å². The molecule has 0 unspecified atom stereocenters. The van der Waals surface area contributed by atoms with Crippen molar-refractivity contribution in [2.75, 3.05) is 5.73 Å². The molecule has 0 aliphatic heterocycles. The highest BCUT2D eigenvalue weighted by atomic mass is 19.1. The highest BCUT2D eigenvalue weighted by molar-refractivity contribution is 5.84. The van der Waals surface area contributed by atoms with E-state index in [0.717, 1.165) is 0 Å². The van der Waals surface area contributed by atoms with Crippen LogP contribution in [0.1, 0.15) is 26.7 Å². The Bertz CT molecular complexity index is 526. The van der Waals surface area contributed by atoms with Crippen molar-refractivity contribution in [3.63, 3.8) is 0 Å². The molecule has 2 rings (SSSR count). The molecule has 1 heterocycles. The molecule has 0 atom stereocenters. The fourth-order valence-electron chi connectivity index (χ4n) is 1.60. The molecule has 0 aliphatic rings. The lowest BCUT2D eigenvalue weighted by atomic mass is 9.92. The number of nitrogen functional groups attached to an aromatic ring is 1. The Kier molecular flexibility index (Phi) is 2.37. The van der Waals surface area contributed by atoms with Gasteiger partial charge < -0.3 is 10.2 Å². The Morgan fingerprint density at radius 3 is 2.69 bits per heavy atom. The van der Waals surface area contributed by atoms with Gasteiger partial charge in [0, 0.05) is 18.6 Å². The highest BCUT2D eigenvalue weighted by Gasteiger charge is 2.17. The normalized spacial score (nSPS) is 12.2. The third-order valence-electron chi connectivity index (χ3n) is 2.21. The summed E-state index contributed by atoms with van der Waals surface area (Å²) >= 11 is 0. The number of nitrogens with zero attached hydrogens (tertiary/aromatic N) is 1. The third-order valence-corrected chi connectivity index (χ3v) is 2.21. The Morgan fingerprint density at radius 2 is 2.06 bits per heavy atom. The summed E-state index contributed by atoms with van der Waals surface area (Å²) in [7, 11) is 0. The van der Waals surface area contributed by atoms with E-state index in [1.165, 1.54) is 12.1 Å². The predicted molar refractivity (Wildman–Crippen MR) is 61.5 cm³/mol. The molecule has 0 bridgehead atoms. The molecule has 86 valence electrons. The van der Waals surface area contributed by atoms with Crippen LogP contribution in [0.5, 0.6) is 0 Å². The molecule has 1 aromatic carbocycles. The minimum absolute atomic E-state index is 0.0776. The van der Waals surface area contributed by atoms with Crippen LogP contribution in [-0.4, -0.2) is 4.98 Å². The van der Waals surface area contributed by atoms with Crippen LogP contribution in [0, 0.1) is 11.2 Å². The minimum Gasteiger partial charge on any atom is -0.438 e. The van der Waals surface area contributed by atoms with Gasteiger partial charge in [0.25, 0.3) is 0 Å². The van der Waals surface area contributed by atoms with E-state index in [1.54, 1.807) is 0 Å². The van der Waals surface area contributed by atoms with Gasteiger partial charge in [0.05, 0.1) is 5.69 Å². The number of hydrogen-bond acceptors (Lipinski definition) is 3. The summed E-state index contributed by atoms with van der Waals surface area (Å²) in [5.74, 6) is 0.209. The molecule has 0 fully saturated rings. The van der Waals surface area contributed by atoms with Crippen molar-refractivity contribution in [1.29, 1.82) is 0 Å². The van der Waals surface area contributed by atoms with Crippen molar-refractivity contribution < 1.29 is 8.81 Å². The van der Waals surface area contributed by atoms with Crippen LogP contribution in [0.3, 0.4) is 0 Å². The van der Waals surface area contributed by atoms with Crippen LogP contribution in [0.2, 0.25) is 0 Å². The smallest absolute Gasteiger partial charge is 0.196 e. The number of hydrogen-bond donors (Lipinski definition) is 1. The first-order valence-electron chi connectivity index (χ1n) is 5.19. The van der Waals surface area contributed by atoms with E-state index in [2.05, 4.69) is 25.8 Å². The van der Waals surface area contributed by atoms with Crippen LogP contribution in [-0.2, 0) is 6.42 Å². The van der Waals surface area contributed by atoms with Gasteiger partial charge in [-0.15, -0.1) is 0 Å². The molecule has 16 heavy (non-hydrogen) atoms. The Morgan fingerprint density at radius 1 is 1.38 bits per heavy atom. The van der Waals surface area contributed by atoms with Crippen molar-refractivity contribution in [3.8, 4) is 0 Å². The summed E-state index contributed by atoms with van der Waals surface area (Å²) in [4.78, 5) is 4.23. The number of halogens is 1. The average molecular weight is 222 g/mol. The van der Waals surface area contributed by atoms with Gasteiger partial charge in [-0.1, -0.05) is 20.8 Å². The van der Waals surface area contributed by atoms with E-state index in [4.69, 9.17) is 10.2 Å². The number of oxazole rings is 1. The van der Waals surface area contributed by atoms with Gasteiger partial charge in [-0.3, -0.25) is 0 Å². The fraction of sp³-hybridized carbons (Fsp3) is 0.417. The summed E-state index contributed by atoms with van der Waals surface area (Å²) in [5, 5.41) is 0. The maximum Gasteiger partial charge on any atom is 0.196 e. The molecule has 0 radical (unpaired) electrons. The second-order valence-electron chi connectivity index (χ2n) is 5.19. The monoisotopic (exact) mass is 222 g/mol. The first-order chi connectivity index (χ1) is 7.35. The molecule has 2 N–H and O–H groups in total. The number of rotatable bonds is 1. The van der Waals surface area contributed by atoms with E-state index >= 15 is 0 Å². The van der Waals surface area contributed by atoms with Gasteiger partial charge in [-0.25, -0.2) is 9.37 Å². The molecule has 0 spiro atoms. The first kappa shape index (κ1) is 10.9. The van der Waals surface area contributed by atoms with Crippen molar-refractivity contribution in [2.24, 2.45) is 5.41 Å². The molecule has 2 aromatic rings. The van der Waals surface area contributed by atoms with Crippen molar-refractivity contribution in [2.45, 2.75) is 27.2 Å². The second kappa shape index (κ2) is 3.47. The maximum absolute atomic E-state index is 13.1. The third kappa shape index (κ3) is 2.15. The first-order valence-corrected chi connectivity index (χ1v) is 5.19. The lowest BCUT2D eigenvalue weighted by molar-refractivity contribution is 0.362. The van der Waals surface area contributed by atoms with E-state index in [1.807, 2.05) is 0 Å². The minimum atomic E-state index is -0.388. The zero-order valence-corrected chi connectivity index (χ0v) is 9.67. The van der Waals surface area contributed by atoms with Gasteiger partial charge in [-0.05, 0) is 5.41 Å². The molecular formula is C12H15FN2O. The number of benzene rings is 1. The van der Waals surface area contributed by atoms with Crippen LogP contribution in [0.15, 0.2) is 16.5 Å². The van der Waals surface area contributed by atoms with Crippen LogP contribution < -0.4 is 5.73 Å². The van der Waals surface area contributed by atoms with Crippen molar-refractivity contribution in [3.05, 3.63) is 23.8 Å². The SMILES string of the molecule is CC(C)(C)Cc1nc2cc(F)cc(N)c2o1. The number of fused-ring (bicyclic) bond motifs is 1. The van der Waals surface area contributed by atoms with Gasteiger partial charge in [0.15, 0.2) is 11.5 Å². The summed E-state index contributed by atoms with van der Waals surface area (Å²) in [6.45, 7) is 6.27. The molecule has 4 heteroatoms. The van der Waals surface area contributed by atoms with Gasteiger partial charge >= 0.3 is 0 Å². The molecule has 0 saturated heterocycles. The maximum atomic E-state index is 13.1. The summed E-state index contributed by atoms with van der Waals surface area (Å²) in [6, 6.07) is 2.58. The zero-order chi connectivity index (χ0) is 11.9. The van der Waals surface area contributed by atoms with Gasteiger partial charge in [0.1, 0.15) is 11.3 Å². The van der Waals surface area contributed by atoms with Crippen LogP contribution in [0.4, 0.5) is 10.1 Å². The van der Waals surface area contributed by atoms with Crippen LogP contribution in [0.25, 0.3) is 11.1 Å². The molecule has 3 nitrogen and oxygen atoms in total. The molecule has 1 aromatic heterocycles. The number of anilines is 1. The Balaban J connectivity index is 2.48. The van der Waals surface area contributed by atoms with Gasteiger partial charge in [0.2, 0.25) is 0 Å². The van der Waals surface area contributed by atoms with E-state index in [9.17, 15) is 4.39 Å². The van der Waals surface area contributed by atoms with Crippen molar-refractivity contribution in [1.82, 2.24) is 4.98 Å². The molecule has 0 amide bonds. The number of nitrogens with two attached hydrogens (primary N) is 1. The van der Waals surface area contributed by atoms with Crippen molar-refractivity contribution >= 4 is 16.8 Å². The second-order valence-corrected chi connectivity index (χ2v) is 5.19. The predicted octanol–water partition coefficient (Wildman–Crippen LogP) is 3.14.